The van der Waals surface area contributed by atoms with Gasteiger partial charge in [0.2, 0.25) is 0 Å². The van der Waals surface area contributed by atoms with Crippen molar-refractivity contribution in [3.8, 4) is 33.6 Å². The number of hydrogen-bond acceptors (Lipinski definition) is 2. The molecule has 0 unspecified atom stereocenters. The molecule has 0 fully saturated rings. The summed E-state index contributed by atoms with van der Waals surface area (Å²) in [6.45, 7) is 0. The van der Waals surface area contributed by atoms with E-state index in [2.05, 4.69) is 172 Å². The standard InChI is InChI=1S/C66H46N4/c1-5-17-51(18-6-1)67(57-41-43-61-59-25-13-15-27-63(59)69(65(61)45-57)53-21-9-3-10-22-53)55-37-33-49(34-38-55)47-29-31-48(32-30-47)50-35-39-56(40-36-50)68(52-19-7-2-8-20-52)58-42-44-62-60-26-14-16-28-64(60)70(66(62)46-58)54-23-11-4-12-24-54/h1-46H/i33D,34D,37D,38D. The van der Waals surface area contributed by atoms with E-state index in [1.807, 2.05) is 102 Å². The number of aromatic nitrogens is 2. The molecule has 0 N–H and O–H groups in total. The summed E-state index contributed by atoms with van der Waals surface area (Å²) < 4.78 is 42.8. The van der Waals surface area contributed by atoms with Gasteiger partial charge in [0.1, 0.15) is 0 Å². The third kappa shape index (κ3) is 7.18. The number of nitrogens with zero attached hydrogens (tertiary/aromatic N) is 4. The third-order valence-electron chi connectivity index (χ3n) is 13.4. The Bertz CT molecular complexity index is 4190. The topological polar surface area (TPSA) is 16.3 Å². The molecular formula is C66H46N4. The molecule has 0 amide bonds. The minimum atomic E-state index is -0.128. The lowest BCUT2D eigenvalue weighted by Crippen LogP contribution is -2.10. The Labute approximate surface area is 413 Å². The Hall–Kier alpha value is -9.38. The Kier molecular flexibility index (Phi) is 9.11. The van der Waals surface area contributed by atoms with E-state index in [1.165, 1.54) is 10.8 Å². The van der Waals surface area contributed by atoms with Crippen LogP contribution in [0.4, 0.5) is 34.1 Å². The van der Waals surface area contributed by atoms with Crippen LogP contribution in [0, 0.1) is 0 Å². The molecule has 4 heteroatoms. The Balaban J connectivity index is 0.853. The molecule has 11 aromatic carbocycles. The molecule has 0 saturated carbocycles. The fourth-order valence-corrected chi connectivity index (χ4v) is 10.1. The largest absolute Gasteiger partial charge is 0.310 e. The third-order valence-corrected chi connectivity index (χ3v) is 13.4. The molecule has 70 heavy (non-hydrogen) atoms. The highest BCUT2D eigenvalue weighted by atomic mass is 15.2. The van der Waals surface area contributed by atoms with Crippen LogP contribution < -0.4 is 9.80 Å². The van der Waals surface area contributed by atoms with E-state index < -0.39 is 0 Å². The van der Waals surface area contributed by atoms with Crippen LogP contribution >= 0.6 is 0 Å². The first kappa shape index (κ1) is 36.7. The molecule has 2 aromatic heterocycles. The van der Waals surface area contributed by atoms with Gasteiger partial charge in [-0.25, -0.2) is 0 Å². The lowest BCUT2D eigenvalue weighted by Gasteiger charge is -2.26. The van der Waals surface area contributed by atoms with Gasteiger partial charge in [-0.2, -0.15) is 0 Å². The molecule has 0 atom stereocenters. The van der Waals surface area contributed by atoms with Gasteiger partial charge in [0.05, 0.1) is 27.5 Å². The van der Waals surface area contributed by atoms with Crippen molar-refractivity contribution in [3.05, 3.63) is 279 Å². The van der Waals surface area contributed by atoms with Gasteiger partial charge in [0.15, 0.2) is 0 Å². The molecule has 13 rings (SSSR count). The number of fused-ring (bicyclic) bond motifs is 6. The minimum Gasteiger partial charge on any atom is -0.310 e. The van der Waals surface area contributed by atoms with Crippen molar-refractivity contribution in [2.24, 2.45) is 0 Å². The van der Waals surface area contributed by atoms with Crippen LogP contribution in [0.3, 0.4) is 0 Å². The molecule has 0 aliphatic rings. The van der Waals surface area contributed by atoms with Crippen LogP contribution in [0.25, 0.3) is 77.2 Å². The molecule has 0 aliphatic heterocycles. The molecular weight excluding hydrogens is 849 g/mol. The van der Waals surface area contributed by atoms with Gasteiger partial charge in [-0.1, -0.05) is 170 Å². The number of rotatable bonds is 10. The maximum absolute atomic E-state index is 9.61. The van der Waals surface area contributed by atoms with E-state index in [9.17, 15) is 5.48 Å². The first-order valence-corrected chi connectivity index (χ1v) is 23.6. The number of anilines is 6. The maximum Gasteiger partial charge on any atom is 0.0645 e. The molecule has 0 bridgehead atoms. The summed E-state index contributed by atoms with van der Waals surface area (Å²) in [5, 5.41) is 4.58. The second kappa shape index (κ2) is 17.4. The van der Waals surface area contributed by atoms with E-state index in [1.54, 1.807) is 0 Å². The molecule has 0 saturated heterocycles. The smallest absolute Gasteiger partial charge is 0.0645 e. The van der Waals surface area contributed by atoms with E-state index >= 15 is 0 Å². The van der Waals surface area contributed by atoms with Crippen molar-refractivity contribution in [2.75, 3.05) is 9.80 Å². The summed E-state index contributed by atoms with van der Waals surface area (Å²) in [4.78, 5) is 4.14. The van der Waals surface area contributed by atoms with Crippen LogP contribution in [0.15, 0.2) is 279 Å². The van der Waals surface area contributed by atoms with Gasteiger partial charge >= 0.3 is 0 Å². The van der Waals surface area contributed by atoms with Crippen LogP contribution in [-0.2, 0) is 0 Å². The Morgan fingerprint density at radius 1 is 0.243 bits per heavy atom. The molecule has 0 spiro atoms. The summed E-state index contributed by atoms with van der Waals surface area (Å²) in [7, 11) is 0. The van der Waals surface area contributed by atoms with Gasteiger partial charge < -0.3 is 18.9 Å². The first-order chi connectivity index (χ1) is 36.4. The zero-order valence-electron chi connectivity index (χ0n) is 42.0. The molecule has 0 aliphatic carbocycles. The highest BCUT2D eigenvalue weighted by Gasteiger charge is 2.20. The van der Waals surface area contributed by atoms with Gasteiger partial charge in [-0.15, -0.1) is 0 Å². The van der Waals surface area contributed by atoms with Crippen LogP contribution in [-0.4, -0.2) is 9.13 Å². The zero-order valence-corrected chi connectivity index (χ0v) is 38.0. The van der Waals surface area contributed by atoms with Crippen molar-refractivity contribution in [2.45, 2.75) is 0 Å². The lowest BCUT2D eigenvalue weighted by atomic mass is 9.99. The lowest BCUT2D eigenvalue weighted by molar-refractivity contribution is 1.18. The fourth-order valence-electron chi connectivity index (χ4n) is 10.1. The van der Waals surface area contributed by atoms with Crippen LogP contribution in [0.2, 0.25) is 0 Å². The predicted octanol–water partition coefficient (Wildman–Crippen LogP) is 18.2. The number of benzene rings is 11. The quantitative estimate of drug-likeness (QED) is 0.136. The van der Waals surface area contributed by atoms with Crippen molar-refractivity contribution in [1.82, 2.24) is 9.13 Å². The fraction of sp³-hybridized carbons (Fsp3) is 0. The normalized spacial score (nSPS) is 12.2. The molecule has 330 valence electrons. The average Bonchev–Trinajstić information content (AvgIpc) is 3.98. The Morgan fingerprint density at radius 3 is 1.03 bits per heavy atom. The highest BCUT2D eigenvalue weighted by Crippen LogP contribution is 2.42. The van der Waals surface area contributed by atoms with E-state index in [-0.39, 0.29) is 35.4 Å². The van der Waals surface area contributed by atoms with Crippen molar-refractivity contribution < 1.29 is 5.48 Å². The number of para-hydroxylation sites is 6. The SMILES string of the molecule is [2H]c1c([2H])c(N(c2ccccc2)c2ccc3c4ccccc4n(-c4ccccc4)c3c2)c([2H])c([2H])c1-c1ccc(-c2ccc(N(c3ccccc3)c3ccc4c5ccccc5n(-c5ccccc5)c4c3)cc2)cc1. The molecule has 2 heterocycles. The maximum atomic E-state index is 9.61. The molecule has 4 nitrogen and oxygen atoms in total. The number of hydrogen-bond donors (Lipinski definition) is 0. The monoisotopic (exact) mass is 898 g/mol. The van der Waals surface area contributed by atoms with Gasteiger partial charge in [-0.3, -0.25) is 0 Å². The highest BCUT2D eigenvalue weighted by molar-refractivity contribution is 6.11. The van der Waals surface area contributed by atoms with Crippen molar-refractivity contribution >= 4 is 77.7 Å². The summed E-state index contributed by atoms with van der Waals surface area (Å²) in [5.74, 6) is 0. The zero-order chi connectivity index (χ0) is 49.9. The van der Waals surface area contributed by atoms with Gasteiger partial charge in [0, 0.05) is 67.0 Å². The molecule has 0 radical (unpaired) electrons. The van der Waals surface area contributed by atoms with E-state index in [4.69, 9.17) is 0 Å². The summed E-state index contributed by atoms with van der Waals surface area (Å²) in [5.41, 5.74) is 14.0. The minimum absolute atomic E-state index is 0.109. The first-order valence-electron chi connectivity index (χ1n) is 25.6. The second-order valence-electron chi connectivity index (χ2n) is 17.5. The summed E-state index contributed by atoms with van der Waals surface area (Å²) >= 11 is 0. The van der Waals surface area contributed by atoms with E-state index in [0.717, 1.165) is 78.1 Å². The second-order valence-corrected chi connectivity index (χ2v) is 17.5. The summed E-state index contributed by atoms with van der Waals surface area (Å²) in [6.07, 6.45) is 0. The van der Waals surface area contributed by atoms with Crippen molar-refractivity contribution in [3.63, 3.8) is 0 Å². The summed E-state index contributed by atoms with van der Waals surface area (Å²) in [6, 6.07) is 86.5. The van der Waals surface area contributed by atoms with Crippen molar-refractivity contribution in [1.29, 1.82) is 0 Å². The van der Waals surface area contributed by atoms with Gasteiger partial charge in [0.25, 0.3) is 0 Å². The molecule has 13 aromatic rings. The van der Waals surface area contributed by atoms with Crippen LogP contribution in [0.5, 0.6) is 0 Å². The Morgan fingerprint density at radius 2 is 0.571 bits per heavy atom. The van der Waals surface area contributed by atoms with Gasteiger partial charge in [-0.05, 0) is 131 Å². The average molecular weight is 899 g/mol. The van der Waals surface area contributed by atoms with Crippen LogP contribution in [0.1, 0.15) is 5.48 Å². The van der Waals surface area contributed by atoms with E-state index in [0.29, 0.717) is 11.3 Å². The predicted molar refractivity (Wildman–Crippen MR) is 295 cm³/mol.